The lowest BCUT2D eigenvalue weighted by molar-refractivity contribution is -0.122. The zero-order valence-corrected chi connectivity index (χ0v) is 13.6. The highest BCUT2D eigenvalue weighted by Crippen LogP contribution is 2.19. The predicted molar refractivity (Wildman–Crippen MR) is 90.9 cm³/mol. The topological polar surface area (TPSA) is 73.2 Å². The Kier molecular flexibility index (Phi) is 5.21. The molecule has 0 atom stereocenters. The molecule has 0 saturated heterocycles. The zero-order chi connectivity index (χ0) is 18.5. The van der Waals surface area contributed by atoms with Gasteiger partial charge in [-0.05, 0) is 12.1 Å². The molecule has 6 nitrogen and oxygen atoms in total. The molecule has 8 heteroatoms. The smallest absolute Gasteiger partial charge is 0.387 e. The van der Waals surface area contributed by atoms with E-state index in [1.807, 2.05) is 0 Å². The Morgan fingerprint density at radius 3 is 2.69 bits per heavy atom. The average Bonchev–Trinajstić information content (AvgIpc) is 2.63. The minimum Gasteiger partial charge on any atom is -0.434 e. The van der Waals surface area contributed by atoms with Gasteiger partial charge in [-0.2, -0.15) is 13.9 Å². The van der Waals surface area contributed by atoms with E-state index in [-0.39, 0.29) is 24.4 Å². The first-order chi connectivity index (χ1) is 12.5. The first-order valence-corrected chi connectivity index (χ1v) is 7.79. The largest absolute Gasteiger partial charge is 0.434 e. The normalized spacial score (nSPS) is 10.9. The van der Waals surface area contributed by atoms with Crippen LogP contribution in [0.5, 0.6) is 5.75 Å². The molecule has 0 unspecified atom stereocenters. The van der Waals surface area contributed by atoms with Gasteiger partial charge in [-0.1, -0.05) is 36.4 Å². The number of para-hydroxylation sites is 1. The first-order valence-electron chi connectivity index (χ1n) is 7.79. The molecule has 0 fully saturated rings. The van der Waals surface area contributed by atoms with Gasteiger partial charge in [0, 0.05) is 17.5 Å². The zero-order valence-electron chi connectivity index (χ0n) is 13.6. The number of halogens is 2. The molecule has 2 aromatic carbocycles. The molecule has 3 rings (SSSR count). The van der Waals surface area contributed by atoms with Crippen LogP contribution in [0.1, 0.15) is 5.56 Å². The molecule has 0 aliphatic heterocycles. The summed E-state index contributed by atoms with van der Waals surface area (Å²) in [4.78, 5) is 24.4. The summed E-state index contributed by atoms with van der Waals surface area (Å²) in [5.41, 5.74) is 0.0275. The lowest BCUT2D eigenvalue weighted by Crippen LogP contribution is -2.33. The van der Waals surface area contributed by atoms with Crippen LogP contribution in [-0.4, -0.2) is 22.3 Å². The number of aromatic nitrogens is 2. The van der Waals surface area contributed by atoms with Gasteiger partial charge < -0.3 is 10.1 Å². The molecule has 0 radical (unpaired) electrons. The second-order valence-corrected chi connectivity index (χ2v) is 5.46. The molecule has 0 aliphatic rings. The van der Waals surface area contributed by atoms with E-state index in [1.165, 1.54) is 12.3 Å². The lowest BCUT2D eigenvalue weighted by Gasteiger charge is -2.11. The van der Waals surface area contributed by atoms with E-state index in [0.29, 0.717) is 16.3 Å². The fourth-order valence-electron chi connectivity index (χ4n) is 2.49. The van der Waals surface area contributed by atoms with Crippen LogP contribution in [0, 0.1) is 0 Å². The fraction of sp³-hybridized carbons (Fsp3) is 0.167. The standard InChI is InChI=1S/C18H15F2N3O3/c19-18(20)26-15-8-4-2-6-13(15)9-21-16(24)11-23-17(25)14-7-3-1-5-12(14)10-22-23/h1-8,10,18H,9,11H2,(H,21,24). The number of carbonyl (C=O) groups is 1. The number of nitrogens with one attached hydrogen (secondary N) is 1. The molecule has 0 bridgehead atoms. The van der Waals surface area contributed by atoms with Crippen molar-refractivity contribution in [1.29, 1.82) is 0 Å². The van der Waals surface area contributed by atoms with Gasteiger partial charge in [-0.15, -0.1) is 0 Å². The molecule has 0 aliphatic carbocycles. The van der Waals surface area contributed by atoms with E-state index >= 15 is 0 Å². The van der Waals surface area contributed by atoms with Crippen LogP contribution in [-0.2, 0) is 17.9 Å². The van der Waals surface area contributed by atoms with Crippen molar-refractivity contribution in [2.24, 2.45) is 0 Å². The molecular weight excluding hydrogens is 344 g/mol. The van der Waals surface area contributed by atoms with Gasteiger partial charge >= 0.3 is 6.61 Å². The second-order valence-electron chi connectivity index (χ2n) is 5.46. The first kappa shape index (κ1) is 17.5. The van der Waals surface area contributed by atoms with Crippen molar-refractivity contribution >= 4 is 16.7 Å². The average molecular weight is 359 g/mol. The second kappa shape index (κ2) is 7.73. The van der Waals surface area contributed by atoms with Crippen molar-refractivity contribution in [2.45, 2.75) is 19.7 Å². The van der Waals surface area contributed by atoms with Gasteiger partial charge in [0.05, 0.1) is 11.6 Å². The number of hydrogen-bond acceptors (Lipinski definition) is 4. The molecule has 1 N–H and O–H groups in total. The Morgan fingerprint density at radius 2 is 1.88 bits per heavy atom. The molecular formula is C18H15F2N3O3. The quantitative estimate of drug-likeness (QED) is 0.733. The SMILES string of the molecule is O=C(Cn1ncc2ccccc2c1=O)NCc1ccccc1OC(F)F. The Labute approximate surface area is 147 Å². The fourth-order valence-corrected chi connectivity index (χ4v) is 2.49. The van der Waals surface area contributed by atoms with Crippen molar-refractivity contribution in [1.82, 2.24) is 15.1 Å². The number of nitrogens with zero attached hydrogens (tertiary/aromatic N) is 2. The Hall–Kier alpha value is -3.29. The number of ether oxygens (including phenoxy) is 1. The van der Waals surface area contributed by atoms with Crippen LogP contribution < -0.4 is 15.6 Å². The van der Waals surface area contributed by atoms with Gasteiger partial charge in [0.1, 0.15) is 12.3 Å². The highest BCUT2D eigenvalue weighted by atomic mass is 19.3. The third-order valence-corrected chi connectivity index (χ3v) is 3.72. The van der Waals surface area contributed by atoms with E-state index in [1.54, 1.807) is 42.5 Å². The Morgan fingerprint density at radius 1 is 1.15 bits per heavy atom. The maximum absolute atomic E-state index is 12.4. The summed E-state index contributed by atoms with van der Waals surface area (Å²) in [6.45, 7) is -3.24. The summed E-state index contributed by atoms with van der Waals surface area (Å²) in [5, 5.41) is 7.70. The van der Waals surface area contributed by atoms with Crippen LogP contribution in [0.25, 0.3) is 10.8 Å². The van der Waals surface area contributed by atoms with Crippen molar-refractivity contribution in [3.63, 3.8) is 0 Å². The van der Waals surface area contributed by atoms with Gasteiger partial charge in [0.25, 0.3) is 5.56 Å². The maximum atomic E-state index is 12.4. The monoisotopic (exact) mass is 359 g/mol. The molecule has 0 saturated carbocycles. The van der Waals surface area contributed by atoms with E-state index in [9.17, 15) is 18.4 Å². The lowest BCUT2D eigenvalue weighted by atomic mass is 10.2. The molecule has 1 aromatic heterocycles. The summed E-state index contributed by atoms with van der Waals surface area (Å²) in [7, 11) is 0. The number of alkyl halides is 2. The molecule has 134 valence electrons. The van der Waals surface area contributed by atoms with Crippen molar-refractivity contribution in [2.75, 3.05) is 0 Å². The van der Waals surface area contributed by atoms with Crippen LogP contribution in [0.4, 0.5) is 8.78 Å². The summed E-state index contributed by atoms with van der Waals surface area (Å²) >= 11 is 0. The molecule has 0 spiro atoms. The number of amides is 1. The van der Waals surface area contributed by atoms with Crippen molar-refractivity contribution in [3.8, 4) is 5.75 Å². The maximum Gasteiger partial charge on any atom is 0.387 e. The Bertz CT molecular complexity index is 989. The molecule has 1 amide bonds. The minimum absolute atomic E-state index is 0.00986. The van der Waals surface area contributed by atoms with Crippen LogP contribution >= 0.6 is 0 Å². The van der Waals surface area contributed by atoms with Crippen LogP contribution in [0.2, 0.25) is 0 Å². The van der Waals surface area contributed by atoms with Gasteiger partial charge in [0.2, 0.25) is 5.91 Å². The Balaban J connectivity index is 1.69. The third-order valence-electron chi connectivity index (χ3n) is 3.72. The molecule has 3 aromatic rings. The van der Waals surface area contributed by atoms with Gasteiger partial charge in [-0.3, -0.25) is 9.59 Å². The highest BCUT2D eigenvalue weighted by Gasteiger charge is 2.11. The third kappa shape index (κ3) is 4.02. The highest BCUT2D eigenvalue weighted by molar-refractivity contribution is 5.81. The number of carbonyl (C=O) groups excluding carboxylic acids is 1. The number of rotatable bonds is 6. The predicted octanol–water partition coefficient (Wildman–Crippen LogP) is 2.31. The van der Waals surface area contributed by atoms with Crippen molar-refractivity contribution in [3.05, 3.63) is 70.6 Å². The summed E-state index contributed by atoms with van der Waals surface area (Å²) in [5.74, 6) is -0.481. The summed E-state index contributed by atoms with van der Waals surface area (Å²) in [6, 6.07) is 13.1. The minimum atomic E-state index is -2.95. The van der Waals surface area contributed by atoms with Crippen molar-refractivity contribution < 1.29 is 18.3 Å². The van der Waals surface area contributed by atoms with Crippen LogP contribution in [0.15, 0.2) is 59.5 Å². The van der Waals surface area contributed by atoms with E-state index in [2.05, 4.69) is 15.2 Å². The van der Waals surface area contributed by atoms with Gasteiger partial charge in [0.15, 0.2) is 0 Å². The van der Waals surface area contributed by atoms with Gasteiger partial charge in [-0.25, -0.2) is 4.68 Å². The summed E-state index contributed by atoms with van der Waals surface area (Å²) in [6.07, 6.45) is 1.51. The number of hydrogen-bond donors (Lipinski definition) is 1. The van der Waals surface area contributed by atoms with Crippen LogP contribution in [0.3, 0.4) is 0 Å². The number of fused-ring (bicyclic) bond motifs is 1. The van der Waals surface area contributed by atoms with E-state index in [0.717, 1.165) is 4.68 Å². The van der Waals surface area contributed by atoms with E-state index in [4.69, 9.17) is 0 Å². The van der Waals surface area contributed by atoms with E-state index < -0.39 is 12.5 Å². The number of benzene rings is 2. The molecule has 26 heavy (non-hydrogen) atoms. The molecule has 1 heterocycles. The summed E-state index contributed by atoms with van der Waals surface area (Å²) < 4.78 is 30.3.